The van der Waals surface area contributed by atoms with Crippen molar-refractivity contribution in [3.05, 3.63) is 30.6 Å². The van der Waals surface area contributed by atoms with E-state index in [1.165, 1.54) is 0 Å². The summed E-state index contributed by atoms with van der Waals surface area (Å²) in [5.41, 5.74) is 1.03. The molecule has 2 rings (SSSR count). The van der Waals surface area contributed by atoms with Gasteiger partial charge in [0.25, 0.3) is 0 Å². The average Bonchev–Trinajstić information content (AvgIpc) is 2.82. The Morgan fingerprint density at radius 3 is 2.56 bits per heavy atom. The Balaban J connectivity index is 1.96. The van der Waals surface area contributed by atoms with Crippen LogP contribution in [0.25, 0.3) is 11.4 Å². The molecule has 0 aliphatic rings. The molecule has 2 aromatic rings. The molecule has 0 unspecified atom stereocenters. The van der Waals surface area contributed by atoms with Crippen LogP contribution >= 0.6 is 0 Å². The molecule has 5 nitrogen and oxygen atoms in total. The molecule has 0 amide bonds. The van der Waals surface area contributed by atoms with Crippen molar-refractivity contribution in [3.8, 4) is 17.1 Å². The fourth-order valence-corrected chi connectivity index (χ4v) is 1.65. The van der Waals surface area contributed by atoms with Gasteiger partial charge in [-0.3, -0.25) is 0 Å². The van der Waals surface area contributed by atoms with Crippen molar-refractivity contribution in [2.45, 2.75) is 6.42 Å². The van der Waals surface area contributed by atoms with Crippen LogP contribution in [0.1, 0.15) is 6.42 Å². The molecule has 96 valence electrons. The molecule has 1 aromatic heterocycles. The molecule has 1 heterocycles. The largest absolute Gasteiger partial charge is 0.494 e. The molecule has 0 saturated carbocycles. The molecule has 0 bridgehead atoms. The van der Waals surface area contributed by atoms with Crippen LogP contribution < -0.4 is 4.74 Å². The molecule has 0 aliphatic heterocycles. The minimum absolute atomic E-state index is 0.664. The Kier molecular flexibility index (Phi) is 4.30. The monoisotopic (exact) mass is 247 g/mol. The highest BCUT2D eigenvalue weighted by atomic mass is 16.5. The second-order valence-electron chi connectivity index (χ2n) is 3.93. The molecule has 0 N–H and O–H groups in total. The highest BCUT2D eigenvalue weighted by Crippen LogP contribution is 2.19. The zero-order valence-corrected chi connectivity index (χ0v) is 10.7. The standard InChI is InChI=1S/C13H17N3O2/c1-16-13(14-10-15-16)11-4-6-12(7-5-11)18-9-3-8-17-2/h4-7,10H,3,8-9H2,1-2H3. The van der Waals surface area contributed by atoms with Crippen molar-refractivity contribution in [3.63, 3.8) is 0 Å². The molecule has 0 fully saturated rings. The number of methoxy groups -OCH3 is 1. The van der Waals surface area contributed by atoms with E-state index in [0.29, 0.717) is 6.61 Å². The maximum Gasteiger partial charge on any atom is 0.157 e. The van der Waals surface area contributed by atoms with Crippen LogP contribution in [0.5, 0.6) is 5.75 Å². The first-order valence-corrected chi connectivity index (χ1v) is 5.87. The van der Waals surface area contributed by atoms with Crippen LogP contribution in [0.2, 0.25) is 0 Å². The zero-order chi connectivity index (χ0) is 12.8. The number of ether oxygens (including phenoxy) is 2. The summed E-state index contributed by atoms with van der Waals surface area (Å²) < 4.78 is 12.3. The number of aryl methyl sites for hydroxylation is 1. The van der Waals surface area contributed by atoms with E-state index in [4.69, 9.17) is 9.47 Å². The van der Waals surface area contributed by atoms with Crippen LogP contribution in [0.3, 0.4) is 0 Å². The van der Waals surface area contributed by atoms with Crippen LogP contribution in [-0.4, -0.2) is 35.1 Å². The predicted octanol–water partition coefficient (Wildman–Crippen LogP) is 1.90. The van der Waals surface area contributed by atoms with Crippen molar-refractivity contribution in [2.24, 2.45) is 7.05 Å². The van der Waals surface area contributed by atoms with Crippen LogP contribution in [0.4, 0.5) is 0 Å². The first-order valence-electron chi connectivity index (χ1n) is 5.87. The van der Waals surface area contributed by atoms with Crippen molar-refractivity contribution >= 4 is 0 Å². The van der Waals surface area contributed by atoms with Gasteiger partial charge in [0.2, 0.25) is 0 Å². The molecule has 1 aromatic carbocycles. The van der Waals surface area contributed by atoms with E-state index in [1.54, 1.807) is 18.1 Å². The fourth-order valence-electron chi connectivity index (χ4n) is 1.65. The van der Waals surface area contributed by atoms with Gasteiger partial charge in [-0.1, -0.05) is 0 Å². The maximum absolute atomic E-state index is 5.59. The lowest BCUT2D eigenvalue weighted by Crippen LogP contribution is -2.01. The highest BCUT2D eigenvalue weighted by molar-refractivity contribution is 5.56. The van der Waals surface area contributed by atoms with Crippen LogP contribution in [0.15, 0.2) is 30.6 Å². The van der Waals surface area contributed by atoms with Gasteiger partial charge in [-0.25, -0.2) is 9.67 Å². The number of hydrogen-bond donors (Lipinski definition) is 0. The van der Waals surface area contributed by atoms with E-state index in [9.17, 15) is 0 Å². The van der Waals surface area contributed by atoms with E-state index in [2.05, 4.69) is 10.1 Å². The quantitative estimate of drug-likeness (QED) is 0.731. The lowest BCUT2D eigenvalue weighted by molar-refractivity contribution is 0.172. The van der Waals surface area contributed by atoms with Crippen LogP contribution in [0, 0.1) is 0 Å². The molecule has 0 atom stereocenters. The van der Waals surface area contributed by atoms with Gasteiger partial charge in [0.1, 0.15) is 12.1 Å². The second kappa shape index (κ2) is 6.16. The summed E-state index contributed by atoms with van der Waals surface area (Å²) >= 11 is 0. The minimum Gasteiger partial charge on any atom is -0.494 e. The van der Waals surface area contributed by atoms with E-state index < -0.39 is 0 Å². The first kappa shape index (κ1) is 12.6. The highest BCUT2D eigenvalue weighted by Gasteiger charge is 2.04. The third kappa shape index (κ3) is 3.07. The first-order chi connectivity index (χ1) is 8.81. The second-order valence-corrected chi connectivity index (χ2v) is 3.93. The molecule has 0 spiro atoms. The topological polar surface area (TPSA) is 49.2 Å². The normalized spacial score (nSPS) is 10.6. The zero-order valence-electron chi connectivity index (χ0n) is 10.7. The van der Waals surface area contributed by atoms with Gasteiger partial charge in [0, 0.05) is 32.7 Å². The third-order valence-electron chi connectivity index (χ3n) is 2.59. The van der Waals surface area contributed by atoms with Crippen molar-refractivity contribution in [1.29, 1.82) is 0 Å². The number of aromatic nitrogens is 3. The summed E-state index contributed by atoms with van der Waals surface area (Å²) in [6.07, 6.45) is 2.44. The van der Waals surface area contributed by atoms with Gasteiger partial charge < -0.3 is 9.47 Å². The minimum atomic E-state index is 0.664. The van der Waals surface area contributed by atoms with E-state index in [-0.39, 0.29) is 0 Å². The Morgan fingerprint density at radius 2 is 1.94 bits per heavy atom. The van der Waals surface area contributed by atoms with Gasteiger partial charge in [-0.05, 0) is 24.3 Å². The molecule has 0 aliphatic carbocycles. The Labute approximate surface area is 106 Å². The Morgan fingerprint density at radius 1 is 1.17 bits per heavy atom. The van der Waals surface area contributed by atoms with Crippen molar-refractivity contribution in [1.82, 2.24) is 14.8 Å². The third-order valence-corrected chi connectivity index (χ3v) is 2.59. The SMILES string of the molecule is COCCCOc1ccc(-c2ncnn2C)cc1. The summed E-state index contributed by atoms with van der Waals surface area (Å²) in [6, 6.07) is 7.85. The van der Waals surface area contributed by atoms with Gasteiger partial charge in [-0.2, -0.15) is 5.10 Å². The summed E-state index contributed by atoms with van der Waals surface area (Å²) in [5, 5.41) is 4.05. The summed E-state index contributed by atoms with van der Waals surface area (Å²) in [7, 11) is 3.56. The number of benzene rings is 1. The van der Waals surface area contributed by atoms with Gasteiger partial charge in [0.15, 0.2) is 5.82 Å². The summed E-state index contributed by atoms with van der Waals surface area (Å²) in [4.78, 5) is 4.20. The molecular weight excluding hydrogens is 230 g/mol. The Bertz CT molecular complexity index is 479. The average molecular weight is 247 g/mol. The van der Waals surface area contributed by atoms with Gasteiger partial charge >= 0.3 is 0 Å². The Hall–Kier alpha value is -1.88. The van der Waals surface area contributed by atoms with Crippen LogP contribution in [-0.2, 0) is 11.8 Å². The summed E-state index contributed by atoms with van der Waals surface area (Å²) in [5.74, 6) is 1.71. The van der Waals surface area contributed by atoms with Crippen molar-refractivity contribution in [2.75, 3.05) is 20.3 Å². The molecule has 5 heteroatoms. The van der Waals surface area contributed by atoms with Gasteiger partial charge in [0.05, 0.1) is 6.61 Å². The smallest absolute Gasteiger partial charge is 0.157 e. The molecular formula is C13H17N3O2. The van der Waals surface area contributed by atoms with E-state index in [0.717, 1.165) is 30.2 Å². The molecule has 0 saturated heterocycles. The van der Waals surface area contributed by atoms with Gasteiger partial charge in [-0.15, -0.1) is 0 Å². The fraction of sp³-hybridized carbons (Fsp3) is 0.385. The number of rotatable bonds is 6. The van der Waals surface area contributed by atoms with E-state index >= 15 is 0 Å². The molecule has 18 heavy (non-hydrogen) atoms. The lowest BCUT2D eigenvalue weighted by atomic mass is 10.2. The molecule has 0 radical (unpaired) electrons. The lowest BCUT2D eigenvalue weighted by Gasteiger charge is -2.06. The summed E-state index contributed by atoms with van der Waals surface area (Å²) in [6.45, 7) is 1.38. The number of hydrogen-bond acceptors (Lipinski definition) is 4. The predicted molar refractivity (Wildman–Crippen MR) is 68.4 cm³/mol. The number of nitrogens with zero attached hydrogens (tertiary/aromatic N) is 3. The van der Waals surface area contributed by atoms with E-state index in [1.807, 2.05) is 31.3 Å². The van der Waals surface area contributed by atoms with Crippen molar-refractivity contribution < 1.29 is 9.47 Å². The maximum atomic E-state index is 5.59.